The second-order valence-electron chi connectivity index (χ2n) is 3.74. The summed E-state index contributed by atoms with van der Waals surface area (Å²) in [6.45, 7) is 2.50. The molecule has 0 bridgehead atoms. The molecule has 0 aliphatic rings. The molecule has 0 radical (unpaired) electrons. The maximum Gasteiger partial charge on any atom is 0.327 e. The van der Waals surface area contributed by atoms with E-state index in [9.17, 15) is 4.79 Å². The molecule has 0 saturated carbocycles. The Bertz CT molecular complexity index is 518. The van der Waals surface area contributed by atoms with Gasteiger partial charge in [0.15, 0.2) is 0 Å². The minimum Gasteiger partial charge on any atom is -0.465 e. The lowest BCUT2D eigenvalue weighted by Gasteiger charge is -2.18. The Labute approximate surface area is 126 Å². The van der Waals surface area contributed by atoms with Gasteiger partial charge in [-0.05, 0) is 18.5 Å². The predicted molar refractivity (Wildman–Crippen MR) is 77.9 cm³/mol. The van der Waals surface area contributed by atoms with Crippen LogP contribution in [0.1, 0.15) is 18.5 Å². The minimum atomic E-state index is -0.755. The molecule has 0 aromatic heterocycles. The van der Waals surface area contributed by atoms with Crippen molar-refractivity contribution in [2.24, 2.45) is 5.11 Å². The maximum atomic E-state index is 12.0. The quantitative estimate of drug-likeness (QED) is 0.274. The van der Waals surface area contributed by atoms with E-state index < -0.39 is 12.0 Å². The van der Waals surface area contributed by atoms with Crippen LogP contribution < -0.4 is 5.32 Å². The van der Waals surface area contributed by atoms with Gasteiger partial charge in [-0.3, -0.25) is 0 Å². The second-order valence-corrected chi connectivity index (χ2v) is 4.52. The number of rotatable bonds is 7. The lowest BCUT2D eigenvalue weighted by atomic mass is 10.1. The topological polar surface area (TPSA) is 87.1 Å². The molecule has 1 atom stereocenters. The van der Waals surface area contributed by atoms with Gasteiger partial charge >= 0.3 is 5.97 Å². The number of halogens is 2. The fourth-order valence-corrected chi connectivity index (χ4v) is 2.01. The zero-order valence-electron chi connectivity index (χ0n) is 10.8. The third-order valence-electron chi connectivity index (χ3n) is 2.44. The summed E-state index contributed by atoms with van der Waals surface area (Å²) in [7, 11) is 0. The number of ether oxygens (including phenoxy) is 1. The molecule has 20 heavy (non-hydrogen) atoms. The van der Waals surface area contributed by atoms with Gasteiger partial charge in [0, 0.05) is 23.6 Å². The highest BCUT2D eigenvalue weighted by atomic mass is 35.5. The monoisotopic (exact) mass is 316 g/mol. The Morgan fingerprint density at radius 1 is 1.55 bits per heavy atom. The van der Waals surface area contributed by atoms with Crippen LogP contribution in [0.15, 0.2) is 23.3 Å². The van der Waals surface area contributed by atoms with E-state index in [2.05, 4.69) is 15.3 Å². The van der Waals surface area contributed by atoms with Gasteiger partial charge in [0.25, 0.3) is 0 Å². The zero-order valence-corrected chi connectivity index (χ0v) is 12.4. The summed E-state index contributed by atoms with van der Waals surface area (Å²) in [6, 6.07) is 4.27. The number of nitrogens with one attached hydrogen (secondary N) is 1. The van der Waals surface area contributed by atoms with Crippen LogP contribution in [0, 0.1) is 0 Å². The minimum absolute atomic E-state index is 0.213. The Kier molecular flexibility index (Phi) is 7.18. The molecular formula is C12H14Cl2N4O2. The third-order valence-corrected chi connectivity index (χ3v) is 3.27. The summed E-state index contributed by atoms with van der Waals surface area (Å²) < 4.78 is 5.00. The summed E-state index contributed by atoms with van der Waals surface area (Å²) in [5.41, 5.74) is 8.75. The molecule has 0 saturated heterocycles. The van der Waals surface area contributed by atoms with E-state index in [4.69, 9.17) is 33.5 Å². The molecule has 1 N–H and O–H groups in total. The smallest absolute Gasteiger partial charge is 0.327 e. The molecule has 1 rings (SSSR count). The third kappa shape index (κ3) is 4.58. The maximum absolute atomic E-state index is 12.0. The van der Waals surface area contributed by atoms with Crippen LogP contribution in [-0.4, -0.2) is 25.7 Å². The summed E-state index contributed by atoms with van der Waals surface area (Å²) in [6.07, 6.45) is 0. The van der Waals surface area contributed by atoms with E-state index in [-0.39, 0.29) is 13.2 Å². The van der Waals surface area contributed by atoms with Crippen LogP contribution in [-0.2, 0) is 9.53 Å². The van der Waals surface area contributed by atoms with Crippen molar-refractivity contribution in [3.05, 3.63) is 44.3 Å². The highest BCUT2D eigenvalue weighted by molar-refractivity contribution is 6.42. The lowest BCUT2D eigenvalue weighted by Crippen LogP contribution is -2.32. The molecule has 0 aliphatic carbocycles. The molecule has 6 nitrogen and oxygen atoms in total. The Morgan fingerprint density at radius 2 is 2.30 bits per heavy atom. The zero-order chi connectivity index (χ0) is 15.0. The van der Waals surface area contributed by atoms with Crippen molar-refractivity contribution in [1.29, 1.82) is 0 Å². The van der Waals surface area contributed by atoms with Gasteiger partial charge < -0.3 is 10.1 Å². The SMILES string of the molecule is CCOC(=O)C(NCCN=[N+]=[N-])c1cccc(Cl)c1Cl. The van der Waals surface area contributed by atoms with E-state index >= 15 is 0 Å². The second kappa shape index (κ2) is 8.66. The number of carbonyl (C=O) groups excluding carboxylic acids is 1. The van der Waals surface area contributed by atoms with Crippen molar-refractivity contribution in [3.8, 4) is 0 Å². The molecular weight excluding hydrogens is 303 g/mol. The summed E-state index contributed by atoms with van der Waals surface area (Å²) in [4.78, 5) is 14.6. The average Bonchev–Trinajstić information content (AvgIpc) is 2.43. The van der Waals surface area contributed by atoms with Gasteiger partial charge in [0.05, 0.1) is 16.7 Å². The first-order valence-corrected chi connectivity index (χ1v) is 6.72. The molecule has 8 heteroatoms. The fourth-order valence-electron chi connectivity index (χ4n) is 1.59. The normalized spacial score (nSPS) is 11.6. The molecule has 1 unspecified atom stereocenters. The van der Waals surface area contributed by atoms with E-state index in [1.165, 1.54) is 0 Å². The highest BCUT2D eigenvalue weighted by Gasteiger charge is 2.24. The van der Waals surface area contributed by atoms with Crippen molar-refractivity contribution in [3.63, 3.8) is 0 Å². The van der Waals surface area contributed by atoms with Crippen LogP contribution in [0.25, 0.3) is 10.4 Å². The molecule has 1 aromatic carbocycles. The van der Waals surface area contributed by atoms with Gasteiger partial charge in [0.2, 0.25) is 0 Å². The number of esters is 1. The average molecular weight is 317 g/mol. The molecule has 108 valence electrons. The molecule has 0 spiro atoms. The van der Waals surface area contributed by atoms with Crippen LogP contribution in [0.3, 0.4) is 0 Å². The summed E-state index contributed by atoms with van der Waals surface area (Å²) >= 11 is 12.1. The molecule has 0 aliphatic heterocycles. The Balaban J connectivity index is 2.94. The van der Waals surface area contributed by atoms with E-state index in [1.54, 1.807) is 25.1 Å². The van der Waals surface area contributed by atoms with Crippen molar-refractivity contribution >= 4 is 29.2 Å². The van der Waals surface area contributed by atoms with Crippen LogP contribution in [0.2, 0.25) is 10.0 Å². The Hall–Kier alpha value is -1.46. The van der Waals surface area contributed by atoms with Crippen molar-refractivity contribution < 1.29 is 9.53 Å². The largest absolute Gasteiger partial charge is 0.465 e. The predicted octanol–water partition coefficient (Wildman–Crippen LogP) is 3.50. The first-order chi connectivity index (χ1) is 9.61. The number of nitrogens with zero attached hydrogens (tertiary/aromatic N) is 3. The number of hydrogen-bond donors (Lipinski definition) is 1. The van der Waals surface area contributed by atoms with Gasteiger partial charge in [-0.2, -0.15) is 0 Å². The molecule has 0 fully saturated rings. The molecule has 0 heterocycles. The number of azide groups is 1. The first-order valence-electron chi connectivity index (χ1n) is 5.96. The molecule has 1 aromatic rings. The highest BCUT2D eigenvalue weighted by Crippen LogP contribution is 2.30. The summed E-state index contributed by atoms with van der Waals surface area (Å²) in [5, 5.41) is 6.98. The Morgan fingerprint density at radius 3 is 2.95 bits per heavy atom. The number of carbonyl (C=O) groups is 1. The van der Waals surface area contributed by atoms with Gasteiger partial charge in [-0.25, -0.2) is 4.79 Å². The van der Waals surface area contributed by atoms with E-state index in [0.29, 0.717) is 22.2 Å². The standard InChI is InChI=1S/C12H14Cl2N4O2/c1-2-20-12(19)11(16-6-7-17-18-15)8-4-3-5-9(13)10(8)14/h3-5,11,16H,2,6-7H2,1H3. The van der Waals surface area contributed by atoms with Gasteiger partial charge in [0.1, 0.15) is 6.04 Å². The summed E-state index contributed by atoms with van der Waals surface area (Å²) in [5.74, 6) is -0.461. The van der Waals surface area contributed by atoms with Crippen LogP contribution in [0.4, 0.5) is 0 Å². The fraction of sp³-hybridized carbons (Fsp3) is 0.417. The van der Waals surface area contributed by atoms with E-state index in [1.807, 2.05) is 0 Å². The van der Waals surface area contributed by atoms with Crippen molar-refractivity contribution in [2.75, 3.05) is 19.7 Å². The van der Waals surface area contributed by atoms with Crippen LogP contribution in [0.5, 0.6) is 0 Å². The van der Waals surface area contributed by atoms with Gasteiger partial charge in [-0.15, -0.1) is 0 Å². The number of benzene rings is 1. The molecule has 0 amide bonds. The van der Waals surface area contributed by atoms with E-state index in [0.717, 1.165) is 0 Å². The van der Waals surface area contributed by atoms with Crippen LogP contribution >= 0.6 is 23.2 Å². The van der Waals surface area contributed by atoms with Gasteiger partial charge in [-0.1, -0.05) is 40.4 Å². The van der Waals surface area contributed by atoms with Crippen molar-refractivity contribution in [1.82, 2.24) is 5.32 Å². The first kappa shape index (κ1) is 16.6. The lowest BCUT2D eigenvalue weighted by molar-refractivity contribution is -0.145. The number of hydrogen-bond acceptors (Lipinski definition) is 4. The van der Waals surface area contributed by atoms with Crippen molar-refractivity contribution in [2.45, 2.75) is 13.0 Å².